The highest BCUT2D eigenvalue weighted by molar-refractivity contribution is 7.99. The van der Waals surface area contributed by atoms with E-state index in [2.05, 4.69) is 29.4 Å². The fourth-order valence-electron chi connectivity index (χ4n) is 2.65. The van der Waals surface area contributed by atoms with Gasteiger partial charge in [-0.05, 0) is 35.7 Å². The third-order valence-electron chi connectivity index (χ3n) is 4.17. The Morgan fingerprint density at radius 1 is 1.19 bits per heavy atom. The number of carbonyl (C=O) groups excluding carboxylic acids is 1. The SMILES string of the molecule is CC(C)c1ccc(NC(=O)CSc2nnc(-c3cccc(N)c3)n2C)cc1. The smallest absolute Gasteiger partial charge is 0.234 e. The summed E-state index contributed by atoms with van der Waals surface area (Å²) in [6, 6.07) is 15.4. The van der Waals surface area contributed by atoms with Crippen LogP contribution in [0.25, 0.3) is 11.4 Å². The number of nitrogens with zero attached hydrogens (tertiary/aromatic N) is 3. The van der Waals surface area contributed by atoms with E-state index in [1.807, 2.05) is 60.1 Å². The van der Waals surface area contributed by atoms with Gasteiger partial charge in [-0.25, -0.2) is 0 Å². The highest BCUT2D eigenvalue weighted by atomic mass is 32.2. The van der Waals surface area contributed by atoms with Gasteiger partial charge in [0, 0.05) is 24.0 Å². The summed E-state index contributed by atoms with van der Waals surface area (Å²) in [5, 5.41) is 12.0. The maximum absolute atomic E-state index is 12.2. The van der Waals surface area contributed by atoms with E-state index in [0.29, 0.717) is 16.8 Å². The Hall–Kier alpha value is -2.80. The number of aromatic nitrogens is 3. The van der Waals surface area contributed by atoms with Crippen LogP contribution in [0.15, 0.2) is 53.7 Å². The molecule has 3 aromatic rings. The molecule has 0 aliphatic carbocycles. The Kier molecular flexibility index (Phi) is 5.81. The second-order valence-electron chi connectivity index (χ2n) is 6.60. The Balaban J connectivity index is 1.61. The zero-order chi connectivity index (χ0) is 19.4. The predicted molar refractivity (Wildman–Crippen MR) is 111 cm³/mol. The first-order chi connectivity index (χ1) is 12.9. The average molecular weight is 382 g/mol. The number of nitrogens with two attached hydrogens (primary N) is 1. The summed E-state index contributed by atoms with van der Waals surface area (Å²) in [6.45, 7) is 4.28. The van der Waals surface area contributed by atoms with Crippen molar-refractivity contribution in [2.45, 2.75) is 24.9 Å². The second-order valence-corrected chi connectivity index (χ2v) is 7.55. The van der Waals surface area contributed by atoms with E-state index in [4.69, 9.17) is 5.73 Å². The monoisotopic (exact) mass is 381 g/mol. The standard InChI is InChI=1S/C20H23N5OS/c1-13(2)14-7-9-17(10-8-14)22-18(26)12-27-20-24-23-19(25(20)3)15-5-4-6-16(21)11-15/h4-11,13H,12,21H2,1-3H3,(H,22,26). The maximum Gasteiger partial charge on any atom is 0.234 e. The zero-order valence-corrected chi connectivity index (χ0v) is 16.5. The minimum Gasteiger partial charge on any atom is -0.399 e. The summed E-state index contributed by atoms with van der Waals surface area (Å²) in [7, 11) is 1.88. The lowest BCUT2D eigenvalue weighted by Crippen LogP contribution is -2.14. The highest BCUT2D eigenvalue weighted by Crippen LogP contribution is 2.24. The van der Waals surface area contributed by atoms with Crippen molar-refractivity contribution in [2.75, 3.05) is 16.8 Å². The quantitative estimate of drug-likeness (QED) is 0.499. The van der Waals surface area contributed by atoms with Gasteiger partial charge in [0.15, 0.2) is 11.0 Å². The summed E-state index contributed by atoms with van der Waals surface area (Å²) in [6.07, 6.45) is 0. The van der Waals surface area contributed by atoms with E-state index in [1.54, 1.807) is 0 Å². The predicted octanol–water partition coefficient (Wildman–Crippen LogP) is 3.92. The van der Waals surface area contributed by atoms with Gasteiger partial charge in [0.1, 0.15) is 0 Å². The molecule has 0 unspecified atom stereocenters. The van der Waals surface area contributed by atoms with Gasteiger partial charge < -0.3 is 15.6 Å². The fourth-order valence-corrected chi connectivity index (χ4v) is 3.36. The largest absolute Gasteiger partial charge is 0.399 e. The molecule has 0 fully saturated rings. The molecule has 0 radical (unpaired) electrons. The van der Waals surface area contributed by atoms with Crippen LogP contribution in [0.2, 0.25) is 0 Å². The van der Waals surface area contributed by atoms with Crippen molar-refractivity contribution in [3.05, 3.63) is 54.1 Å². The lowest BCUT2D eigenvalue weighted by molar-refractivity contribution is -0.113. The third-order valence-corrected chi connectivity index (χ3v) is 5.19. The molecule has 0 bridgehead atoms. The number of thioether (sulfide) groups is 1. The number of carbonyl (C=O) groups is 1. The molecule has 2 aromatic carbocycles. The number of amides is 1. The molecule has 0 saturated carbocycles. The molecule has 7 heteroatoms. The first-order valence-corrected chi connectivity index (χ1v) is 9.70. The van der Waals surface area contributed by atoms with E-state index in [-0.39, 0.29) is 11.7 Å². The van der Waals surface area contributed by atoms with Crippen LogP contribution < -0.4 is 11.1 Å². The van der Waals surface area contributed by atoms with Crippen LogP contribution in [0.1, 0.15) is 25.3 Å². The molecule has 1 amide bonds. The van der Waals surface area contributed by atoms with Crippen molar-refractivity contribution in [1.82, 2.24) is 14.8 Å². The van der Waals surface area contributed by atoms with Gasteiger partial charge in [0.2, 0.25) is 5.91 Å². The second kappa shape index (κ2) is 8.26. The van der Waals surface area contributed by atoms with Gasteiger partial charge in [0.25, 0.3) is 0 Å². The molecule has 0 saturated heterocycles. The molecule has 1 aromatic heterocycles. The number of anilines is 2. The van der Waals surface area contributed by atoms with Gasteiger partial charge in [0.05, 0.1) is 5.75 Å². The van der Waals surface area contributed by atoms with E-state index >= 15 is 0 Å². The minimum atomic E-state index is -0.0780. The summed E-state index contributed by atoms with van der Waals surface area (Å²) < 4.78 is 1.87. The molecule has 3 N–H and O–H groups in total. The van der Waals surface area contributed by atoms with Crippen molar-refractivity contribution in [3.8, 4) is 11.4 Å². The van der Waals surface area contributed by atoms with Crippen molar-refractivity contribution in [2.24, 2.45) is 7.05 Å². The Labute approximate surface area is 163 Å². The van der Waals surface area contributed by atoms with Gasteiger partial charge in [-0.2, -0.15) is 0 Å². The molecule has 1 heterocycles. The van der Waals surface area contributed by atoms with E-state index in [0.717, 1.165) is 17.1 Å². The van der Waals surface area contributed by atoms with Gasteiger partial charge in [-0.3, -0.25) is 4.79 Å². The van der Waals surface area contributed by atoms with Crippen molar-refractivity contribution in [3.63, 3.8) is 0 Å². The molecule has 27 heavy (non-hydrogen) atoms. The molecular formula is C20H23N5OS. The maximum atomic E-state index is 12.2. The summed E-state index contributed by atoms with van der Waals surface area (Å²) in [5.74, 6) is 1.37. The Morgan fingerprint density at radius 3 is 2.59 bits per heavy atom. The molecule has 3 rings (SSSR count). The molecule has 0 aliphatic rings. The van der Waals surface area contributed by atoms with E-state index in [1.165, 1.54) is 17.3 Å². The normalized spacial score (nSPS) is 11.0. The van der Waals surface area contributed by atoms with Crippen LogP contribution in [-0.2, 0) is 11.8 Å². The summed E-state index contributed by atoms with van der Waals surface area (Å²) in [5.41, 5.74) is 9.44. The van der Waals surface area contributed by atoms with Crippen molar-refractivity contribution >= 4 is 29.0 Å². The zero-order valence-electron chi connectivity index (χ0n) is 15.6. The number of rotatable bonds is 6. The molecule has 140 valence electrons. The molecule has 0 atom stereocenters. The van der Waals surface area contributed by atoms with Gasteiger partial charge in [-0.1, -0.05) is 49.9 Å². The molecule has 0 spiro atoms. The van der Waals surface area contributed by atoms with Crippen LogP contribution >= 0.6 is 11.8 Å². The van der Waals surface area contributed by atoms with Crippen molar-refractivity contribution in [1.29, 1.82) is 0 Å². The van der Waals surface area contributed by atoms with E-state index in [9.17, 15) is 4.79 Å². The first-order valence-electron chi connectivity index (χ1n) is 8.72. The number of benzene rings is 2. The lowest BCUT2D eigenvalue weighted by Gasteiger charge is -2.08. The van der Waals surface area contributed by atoms with E-state index < -0.39 is 0 Å². The fraction of sp³-hybridized carbons (Fsp3) is 0.250. The number of hydrogen-bond acceptors (Lipinski definition) is 5. The van der Waals surface area contributed by atoms with Gasteiger partial charge >= 0.3 is 0 Å². The Morgan fingerprint density at radius 2 is 1.93 bits per heavy atom. The third kappa shape index (κ3) is 4.68. The number of hydrogen-bond donors (Lipinski definition) is 2. The van der Waals surface area contributed by atoms with Crippen molar-refractivity contribution < 1.29 is 4.79 Å². The van der Waals surface area contributed by atoms with Crippen LogP contribution in [-0.4, -0.2) is 26.4 Å². The molecular weight excluding hydrogens is 358 g/mol. The van der Waals surface area contributed by atoms with Gasteiger partial charge in [-0.15, -0.1) is 10.2 Å². The number of nitrogen functional groups attached to an aromatic ring is 1. The minimum absolute atomic E-state index is 0.0780. The van der Waals surface area contributed by atoms with Crippen LogP contribution in [0.3, 0.4) is 0 Å². The lowest BCUT2D eigenvalue weighted by atomic mass is 10.0. The Bertz CT molecular complexity index is 934. The average Bonchev–Trinajstić information content (AvgIpc) is 3.01. The molecule has 0 aliphatic heterocycles. The topological polar surface area (TPSA) is 85.8 Å². The first kappa shape index (κ1) is 19.0. The van der Waals surface area contributed by atoms with Crippen LogP contribution in [0.5, 0.6) is 0 Å². The summed E-state index contributed by atoms with van der Waals surface area (Å²) >= 11 is 1.35. The summed E-state index contributed by atoms with van der Waals surface area (Å²) in [4.78, 5) is 12.2. The molecule has 6 nitrogen and oxygen atoms in total. The highest BCUT2D eigenvalue weighted by Gasteiger charge is 2.13. The number of nitrogens with one attached hydrogen (secondary N) is 1. The van der Waals surface area contributed by atoms with Crippen LogP contribution in [0, 0.1) is 0 Å². The van der Waals surface area contributed by atoms with Crippen LogP contribution in [0.4, 0.5) is 11.4 Å².